The Kier molecular flexibility index (Phi) is 5.01. The third kappa shape index (κ3) is 4.04. The number of benzene rings is 2. The van der Waals surface area contributed by atoms with Crippen molar-refractivity contribution in [3.8, 4) is 5.69 Å². The molecule has 5 nitrogen and oxygen atoms in total. The SMILES string of the molecule is O=C(O)c1cc(Br)cc(NCc2cnn(-c3ccc(Br)cc3)c2)c1. The monoisotopic (exact) mass is 449 g/mol. The van der Waals surface area contributed by atoms with Crippen LogP contribution in [-0.2, 0) is 6.54 Å². The van der Waals surface area contributed by atoms with E-state index in [2.05, 4.69) is 42.3 Å². The van der Waals surface area contributed by atoms with Gasteiger partial charge < -0.3 is 10.4 Å². The molecule has 0 unspecified atom stereocenters. The van der Waals surface area contributed by atoms with Crippen molar-refractivity contribution in [2.45, 2.75) is 6.54 Å². The number of carboxylic acids is 1. The van der Waals surface area contributed by atoms with E-state index in [0.717, 1.165) is 25.9 Å². The summed E-state index contributed by atoms with van der Waals surface area (Å²) >= 11 is 6.73. The molecule has 0 radical (unpaired) electrons. The highest BCUT2D eigenvalue weighted by atomic mass is 79.9. The van der Waals surface area contributed by atoms with Gasteiger partial charge in [-0.15, -0.1) is 0 Å². The lowest BCUT2D eigenvalue weighted by molar-refractivity contribution is 0.0697. The van der Waals surface area contributed by atoms with Gasteiger partial charge in [0.05, 0.1) is 17.4 Å². The summed E-state index contributed by atoms with van der Waals surface area (Å²) in [5.74, 6) is -0.956. The molecule has 0 aliphatic heterocycles. The first kappa shape index (κ1) is 16.7. The Morgan fingerprint density at radius 3 is 2.58 bits per heavy atom. The fraction of sp³-hybridized carbons (Fsp3) is 0.0588. The van der Waals surface area contributed by atoms with Gasteiger partial charge in [0.1, 0.15) is 0 Å². The van der Waals surface area contributed by atoms with Crippen LogP contribution in [-0.4, -0.2) is 20.9 Å². The van der Waals surface area contributed by atoms with Gasteiger partial charge in [0.25, 0.3) is 0 Å². The Hall–Kier alpha value is -2.12. The zero-order valence-electron chi connectivity index (χ0n) is 12.4. The molecule has 7 heteroatoms. The first-order valence-electron chi connectivity index (χ1n) is 7.08. The fourth-order valence-electron chi connectivity index (χ4n) is 2.21. The maximum atomic E-state index is 11.1. The summed E-state index contributed by atoms with van der Waals surface area (Å²) in [7, 11) is 0. The quantitative estimate of drug-likeness (QED) is 0.590. The molecule has 24 heavy (non-hydrogen) atoms. The number of aromatic nitrogens is 2. The third-order valence-corrected chi connectivity index (χ3v) is 4.36. The molecule has 122 valence electrons. The summed E-state index contributed by atoms with van der Waals surface area (Å²) in [6.07, 6.45) is 3.72. The summed E-state index contributed by atoms with van der Waals surface area (Å²) in [6.45, 7) is 0.548. The number of hydrogen-bond donors (Lipinski definition) is 2. The lowest BCUT2D eigenvalue weighted by Gasteiger charge is -2.07. The van der Waals surface area contributed by atoms with Crippen molar-refractivity contribution in [3.05, 3.63) is 74.9 Å². The lowest BCUT2D eigenvalue weighted by Crippen LogP contribution is -2.02. The van der Waals surface area contributed by atoms with Gasteiger partial charge in [-0.1, -0.05) is 31.9 Å². The molecule has 1 aromatic heterocycles. The summed E-state index contributed by atoms with van der Waals surface area (Å²) in [5, 5.41) is 16.7. The first-order chi connectivity index (χ1) is 11.5. The predicted molar refractivity (Wildman–Crippen MR) is 99.7 cm³/mol. The molecule has 0 atom stereocenters. The summed E-state index contributed by atoms with van der Waals surface area (Å²) < 4.78 is 3.53. The third-order valence-electron chi connectivity index (χ3n) is 3.37. The number of halogens is 2. The molecule has 0 saturated heterocycles. The second kappa shape index (κ2) is 7.19. The molecular weight excluding hydrogens is 438 g/mol. The molecule has 3 aromatic rings. The van der Waals surface area contributed by atoms with E-state index in [1.54, 1.807) is 23.0 Å². The minimum Gasteiger partial charge on any atom is -0.478 e. The van der Waals surface area contributed by atoms with Crippen LogP contribution in [0.5, 0.6) is 0 Å². The molecule has 0 spiro atoms. The highest BCUT2D eigenvalue weighted by Gasteiger charge is 2.07. The Bertz CT molecular complexity index is 876. The van der Waals surface area contributed by atoms with E-state index in [0.29, 0.717) is 6.54 Å². The van der Waals surface area contributed by atoms with Crippen molar-refractivity contribution in [3.63, 3.8) is 0 Å². The van der Waals surface area contributed by atoms with Crippen LogP contribution >= 0.6 is 31.9 Å². The molecule has 0 fully saturated rings. The first-order valence-corrected chi connectivity index (χ1v) is 8.67. The Morgan fingerprint density at radius 2 is 1.88 bits per heavy atom. The van der Waals surface area contributed by atoms with Crippen molar-refractivity contribution in [2.75, 3.05) is 5.32 Å². The molecule has 0 amide bonds. The second-order valence-electron chi connectivity index (χ2n) is 5.16. The molecule has 0 saturated carbocycles. The topological polar surface area (TPSA) is 67.2 Å². The van der Waals surface area contributed by atoms with Crippen LogP contribution in [0.3, 0.4) is 0 Å². The van der Waals surface area contributed by atoms with Gasteiger partial charge in [-0.3, -0.25) is 0 Å². The van der Waals surface area contributed by atoms with E-state index in [1.807, 2.05) is 36.5 Å². The van der Waals surface area contributed by atoms with Crippen molar-refractivity contribution in [2.24, 2.45) is 0 Å². The van der Waals surface area contributed by atoms with E-state index >= 15 is 0 Å². The molecule has 0 aliphatic carbocycles. The summed E-state index contributed by atoms with van der Waals surface area (Å²) in [4.78, 5) is 11.1. The molecule has 0 aliphatic rings. The second-order valence-corrected chi connectivity index (χ2v) is 6.99. The Balaban J connectivity index is 1.72. The van der Waals surface area contributed by atoms with Crippen molar-refractivity contribution >= 4 is 43.5 Å². The van der Waals surface area contributed by atoms with Gasteiger partial charge in [-0.25, -0.2) is 9.48 Å². The van der Waals surface area contributed by atoms with Gasteiger partial charge in [0.15, 0.2) is 0 Å². The number of hydrogen-bond acceptors (Lipinski definition) is 3. The van der Waals surface area contributed by atoms with E-state index in [1.165, 1.54) is 0 Å². The number of nitrogens with one attached hydrogen (secondary N) is 1. The van der Waals surface area contributed by atoms with Crippen LogP contribution in [0.15, 0.2) is 63.8 Å². The maximum absolute atomic E-state index is 11.1. The number of anilines is 1. The minimum absolute atomic E-state index is 0.234. The zero-order valence-corrected chi connectivity index (χ0v) is 15.6. The summed E-state index contributed by atoms with van der Waals surface area (Å²) in [6, 6.07) is 12.9. The molecular formula is C17H13Br2N3O2. The van der Waals surface area contributed by atoms with Gasteiger partial charge >= 0.3 is 5.97 Å². The number of nitrogens with zero attached hydrogens (tertiary/aromatic N) is 2. The average Bonchev–Trinajstić information content (AvgIpc) is 3.02. The largest absolute Gasteiger partial charge is 0.478 e. The van der Waals surface area contributed by atoms with E-state index in [9.17, 15) is 4.79 Å². The number of carbonyl (C=O) groups is 1. The Morgan fingerprint density at radius 1 is 1.12 bits per heavy atom. The van der Waals surface area contributed by atoms with E-state index in [4.69, 9.17) is 5.11 Å². The van der Waals surface area contributed by atoms with Gasteiger partial charge in [0.2, 0.25) is 0 Å². The van der Waals surface area contributed by atoms with E-state index in [-0.39, 0.29) is 5.56 Å². The number of aromatic carboxylic acids is 1. The van der Waals surface area contributed by atoms with Crippen molar-refractivity contribution < 1.29 is 9.90 Å². The van der Waals surface area contributed by atoms with Gasteiger partial charge in [-0.05, 0) is 42.5 Å². The van der Waals surface area contributed by atoms with Gasteiger partial charge in [-0.2, -0.15) is 5.10 Å². The number of carboxylic acid groups (broad SMARTS) is 1. The molecule has 3 rings (SSSR count). The standard InChI is InChI=1S/C17H13Br2N3O2/c18-13-1-3-16(4-2-13)22-10-11(9-21-22)8-20-15-6-12(17(23)24)5-14(19)7-15/h1-7,9-10,20H,8H2,(H,23,24). The molecule has 2 N–H and O–H groups in total. The average molecular weight is 451 g/mol. The summed E-state index contributed by atoms with van der Waals surface area (Å²) in [5.41, 5.74) is 2.94. The highest BCUT2D eigenvalue weighted by molar-refractivity contribution is 9.10. The lowest BCUT2D eigenvalue weighted by atomic mass is 10.2. The van der Waals surface area contributed by atoms with E-state index < -0.39 is 5.97 Å². The van der Waals surface area contributed by atoms with Crippen molar-refractivity contribution in [1.29, 1.82) is 0 Å². The zero-order chi connectivity index (χ0) is 17.1. The molecule has 0 bridgehead atoms. The highest BCUT2D eigenvalue weighted by Crippen LogP contribution is 2.20. The maximum Gasteiger partial charge on any atom is 0.335 e. The van der Waals surface area contributed by atoms with Crippen LogP contribution in [0.25, 0.3) is 5.69 Å². The Labute approximate surface area is 155 Å². The smallest absolute Gasteiger partial charge is 0.335 e. The number of rotatable bonds is 5. The van der Waals surface area contributed by atoms with Crippen LogP contribution in [0.2, 0.25) is 0 Å². The molecule has 2 aromatic carbocycles. The van der Waals surface area contributed by atoms with Crippen LogP contribution in [0.1, 0.15) is 15.9 Å². The minimum atomic E-state index is -0.956. The van der Waals surface area contributed by atoms with Crippen LogP contribution in [0.4, 0.5) is 5.69 Å². The predicted octanol–water partition coefficient (Wildman–Crippen LogP) is 4.71. The van der Waals surface area contributed by atoms with Crippen LogP contribution < -0.4 is 5.32 Å². The fourth-order valence-corrected chi connectivity index (χ4v) is 2.96. The van der Waals surface area contributed by atoms with Gasteiger partial charge in [0, 0.05) is 32.9 Å². The molecule has 1 heterocycles. The normalized spacial score (nSPS) is 10.6. The van der Waals surface area contributed by atoms with Crippen molar-refractivity contribution in [1.82, 2.24) is 9.78 Å². The van der Waals surface area contributed by atoms with Crippen LogP contribution in [0, 0.1) is 0 Å².